The minimum Gasteiger partial charge on any atom is -0.372 e. The predicted octanol–water partition coefficient (Wildman–Crippen LogP) is 3.10. The van der Waals surface area contributed by atoms with Gasteiger partial charge in [0.1, 0.15) is 0 Å². The molecule has 2 saturated heterocycles. The molecule has 4 nitrogen and oxygen atoms in total. The van der Waals surface area contributed by atoms with Gasteiger partial charge in [0, 0.05) is 31.4 Å². The van der Waals surface area contributed by atoms with Gasteiger partial charge in [0.05, 0.1) is 17.4 Å². The van der Waals surface area contributed by atoms with Gasteiger partial charge in [-0.1, -0.05) is 18.2 Å². The van der Waals surface area contributed by atoms with Crippen LogP contribution in [0.4, 0.5) is 5.95 Å². The van der Waals surface area contributed by atoms with Crippen LogP contribution >= 0.6 is 11.6 Å². The van der Waals surface area contributed by atoms with Crippen LogP contribution in [0.1, 0.15) is 32.1 Å². The van der Waals surface area contributed by atoms with Crippen LogP contribution in [-0.4, -0.2) is 40.5 Å². The number of likely N-dealkylation sites (tertiary alicyclic amines) is 1. The summed E-state index contributed by atoms with van der Waals surface area (Å²) in [5.41, 5.74) is 1.33. The molecule has 0 bridgehead atoms. The average Bonchev–Trinajstić information content (AvgIpc) is 2.49. The summed E-state index contributed by atoms with van der Waals surface area (Å²) in [5.74, 6) is 0.797. The number of nitrogens with zero attached hydrogens (tertiary/aromatic N) is 4. The first kappa shape index (κ1) is 13.7. The van der Waals surface area contributed by atoms with Crippen molar-refractivity contribution in [2.45, 2.75) is 38.1 Å². The van der Waals surface area contributed by atoms with Gasteiger partial charge in [0.25, 0.3) is 0 Å². The Bertz CT molecular complexity index is 465. The summed E-state index contributed by atoms with van der Waals surface area (Å²) in [6.07, 6.45) is 9.42. The fraction of sp³-hybridized carbons (Fsp3) is 0.600. The maximum atomic E-state index is 5.83. The predicted molar refractivity (Wildman–Crippen MR) is 82.0 cm³/mol. The zero-order valence-electron chi connectivity index (χ0n) is 11.8. The van der Waals surface area contributed by atoms with E-state index in [-0.39, 0.29) is 0 Å². The van der Waals surface area contributed by atoms with Crippen LogP contribution in [0.15, 0.2) is 24.7 Å². The molecule has 108 valence electrons. The highest BCUT2D eigenvalue weighted by molar-refractivity contribution is 6.30. The molecule has 3 heterocycles. The third kappa shape index (κ3) is 2.90. The Morgan fingerprint density at radius 1 is 1.10 bits per heavy atom. The lowest BCUT2D eigenvalue weighted by molar-refractivity contribution is 0.188. The summed E-state index contributed by atoms with van der Waals surface area (Å²) >= 11 is 5.83. The zero-order valence-corrected chi connectivity index (χ0v) is 12.5. The Morgan fingerprint density at radius 3 is 2.45 bits per heavy atom. The second kappa shape index (κ2) is 6.00. The minimum absolute atomic E-state index is 0.591. The zero-order chi connectivity index (χ0) is 13.9. The Hall–Kier alpha value is -1.29. The van der Waals surface area contributed by atoms with Crippen LogP contribution in [0, 0.1) is 0 Å². The molecule has 1 aromatic heterocycles. The molecular formula is C15H21ClN4. The first-order valence-corrected chi connectivity index (χ1v) is 7.79. The van der Waals surface area contributed by atoms with Gasteiger partial charge in [-0.3, -0.25) is 0 Å². The fourth-order valence-electron chi connectivity index (χ4n) is 3.20. The van der Waals surface area contributed by atoms with Crippen LogP contribution in [-0.2, 0) is 0 Å². The van der Waals surface area contributed by atoms with Crippen LogP contribution in [0.2, 0.25) is 5.02 Å². The largest absolute Gasteiger partial charge is 0.372 e. The van der Waals surface area contributed by atoms with E-state index in [4.69, 9.17) is 11.6 Å². The van der Waals surface area contributed by atoms with E-state index in [1.54, 1.807) is 12.4 Å². The van der Waals surface area contributed by atoms with Crippen molar-refractivity contribution in [1.29, 1.82) is 0 Å². The standard InChI is InChI=1S/C15H21ClN4/c1-12-4-2-3-7-20(12)14-5-8-19(9-6-14)15-17-10-13(16)11-18-15/h10-11,14H,1-9H2. The third-order valence-corrected chi connectivity index (χ3v) is 4.51. The molecule has 0 N–H and O–H groups in total. The Labute approximate surface area is 125 Å². The second-order valence-corrected chi connectivity index (χ2v) is 6.07. The minimum atomic E-state index is 0.591. The third-order valence-electron chi connectivity index (χ3n) is 4.32. The number of anilines is 1. The van der Waals surface area contributed by atoms with E-state index in [1.165, 1.54) is 31.5 Å². The summed E-state index contributed by atoms with van der Waals surface area (Å²) in [7, 11) is 0. The molecule has 0 atom stereocenters. The van der Waals surface area contributed by atoms with Crippen LogP contribution in [0.5, 0.6) is 0 Å². The number of halogens is 1. The van der Waals surface area contributed by atoms with Crippen LogP contribution in [0.3, 0.4) is 0 Å². The second-order valence-electron chi connectivity index (χ2n) is 5.64. The lowest BCUT2D eigenvalue weighted by Gasteiger charge is -2.42. The highest BCUT2D eigenvalue weighted by Gasteiger charge is 2.27. The van der Waals surface area contributed by atoms with Crippen molar-refractivity contribution in [2.24, 2.45) is 0 Å². The molecule has 1 aromatic rings. The first-order chi connectivity index (χ1) is 9.74. The van der Waals surface area contributed by atoms with E-state index < -0.39 is 0 Å². The van der Waals surface area contributed by atoms with Gasteiger partial charge in [0.2, 0.25) is 5.95 Å². The number of hydrogen-bond donors (Lipinski definition) is 0. The molecule has 2 aliphatic rings. The lowest BCUT2D eigenvalue weighted by atomic mass is 9.98. The van der Waals surface area contributed by atoms with Gasteiger partial charge < -0.3 is 9.80 Å². The Kier molecular flexibility index (Phi) is 4.10. The van der Waals surface area contributed by atoms with Crippen molar-refractivity contribution in [3.05, 3.63) is 29.7 Å². The molecule has 3 rings (SSSR count). The summed E-state index contributed by atoms with van der Waals surface area (Å²) in [5, 5.41) is 0.591. The smallest absolute Gasteiger partial charge is 0.225 e. The van der Waals surface area contributed by atoms with Gasteiger partial charge in [-0.15, -0.1) is 0 Å². The van der Waals surface area contributed by atoms with Crippen molar-refractivity contribution in [3.8, 4) is 0 Å². The van der Waals surface area contributed by atoms with Crippen molar-refractivity contribution in [1.82, 2.24) is 14.9 Å². The molecule has 0 saturated carbocycles. The van der Waals surface area contributed by atoms with Gasteiger partial charge >= 0.3 is 0 Å². The summed E-state index contributed by atoms with van der Waals surface area (Å²) < 4.78 is 0. The average molecular weight is 293 g/mol. The van der Waals surface area contributed by atoms with E-state index in [0.29, 0.717) is 11.1 Å². The molecule has 0 unspecified atom stereocenters. The van der Waals surface area contributed by atoms with Crippen molar-refractivity contribution in [2.75, 3.05) is 24.5 Å². The van der Waals surface area contributed by atoms with E-state index >= 15 is 0 Å². The lowest BCUT2D eigenvalue weighted by Crippen LogP contribution is -2.46. The van der Waals surface area contributed by atoms with Gasteiger partial charge in [-0.25, -0.2) is 9.97 Å². The molecule has 0 aromatic carbocycles. The van der Waals surface area contributed by atoms with E-state index in [0.717, 1.165) is 31.9 Å². The summed E-state index contributed by atoms with van der Waals surface area (Å²) in [6, 6.07) is 0.645. The molecule has 0 radical (unpaired) electrons. The van der Waals surface area contributed by atoms with Crippen molar-refractivity contribution in [3.63, 3.8) is 0 Å². The molecule has 0 amide bonds. The summed E-state index contributed by atoms with van der Waals surface area (Å²) in [6.45, 7) is 7.43. The van der Waals surface area contributed by atoms with Crippen LogP contribution in [0.25, 0.3) is 0 Å². The molecule has 0 spiro atoms. The number of allylic oxidation sites excluding steroid dienone is 1. The van der Waals surface area contributed by atoms with E-state index in [2.05, 4.69) is 26.3 Å². The number of rotatable bonds is 2. The van der Waals surface area contributed by atoms with E-state index in [9.17, 15) is 0 Å². The van der Waals surface area contributed by atoms with Crippen molar-refractivity contribution >= 4 is 17.5 Å². The molecule has 0 aliphatic carbocycles. The van der Waals surface area contributed by atoms with E-state index in [1.807, 2.05) is 0 Å². The number of piperidine rings is 2. The topological polar surface area (TPSA) is 32.3 Å². The van der Waals surface area contributed by atoms with Gasteiger partial charge in [-0.05, 0) is 32.1 Å². The van der Waals surface area contributed by atoms with Gasteiger partial charge in [-0.2, -0.15) is 0 Å². The monoisotopic (exact) mass is 292 g/mol. The number of hydrogen-bond acceptors (Lipinski definition) is 4. The molecule has 5 heteroatoms. The maximum absolute atomic E-state index is 5.83. The molecular weight excluding hydrogens is 272 g/mol. The van der Waals surface area contributed by atoms with Crippen LogP contribution < -0.4 is 4.90 Å². The van der Waals surface area contributed by atoms with Gasteiger partial charge in [0.15, 0.2) is 0 Å². The molecule has 2 fully saturated rings. The quantitative estimate of drug-likeness (QED) is 0.838. The highest BCUT2D eigenvalue weighted by Crippen LogP contribution is 2.27. The number of aromatic nitrogens is 2. The summed E-state index contributed by atoms with van der Waals surface area (Å²) in [4.78, 5) is 13.4. The molecule has 20 heavy (non-hydrogen) atoms. The SMILES string of the molecule is C=C1CCCCN1C1CCN(c2ncc(Cl)cn2)CC1. The maximum Gasteiger partial charge on any atom is 0.225 e. The fourth-order valence-corrected chi connectivity index (χ4v) is 3.30. The highest BCUT2D eigenvalue weighted by atomic mass is 35.5. The van der Waals surface area contributed by atoms with Crippen molar-refractivity contribution < 1.29 is 0 Å². The Morgan fingerprint density at radius 2 is 1.80 bits per heavy atom. The first-order valence-electron chi connectivity index (χ1n) is 7.41. The normalized spacial score (nSPS) is 21.4. The molecule has 2 aliphatic heterocycles. The Balaban J connectivity index is 1.59.